The summed E-state index contributed by atoms with van der Waals surface area (Å²) in [6.07, 6.45) is 1.33. The van der Waals surface area contributed by atoms with Gasteiger partial charge in [-0.05, 0) is 31.0 Å². The van der Waals surface area contributed by atoms with Crippen molar-refractivity contribution in [3.8, 4) is 5.75 Å². The fourth-order valence-electron chi connectivity index (χ4n) is 1.60. The second-order valence-electron chi connectivity index (χ2n) is 4.50. The molecule has 4 heteroatoms. The first-order valence-corrected chi connectivity index (χ1v) is 6.07. The summed E-state index contributed by atoms with van der Waals surface area (Å²) in [5, 5.41) is 9.18. The molecule has 18 heavy (non-hydrogen) atoms. The van der Waals surface area contributed by atoms with E-state index in [-0.39, 0.29) is 17.8 Å². The number of amides is 1. The van der Waals surface area contributed by atoms with Crippen LogP contribution in [-0.4, -0.2) is 36.2 Å². The van der Waals surface area contributed by atoms with Gasteiger partial charge in [-0.1, -0.05) is 12.1 Å². The van der Waals surface area contributed by atoms with E-state index >= 15 is 0 Å². The third-order valence-electron chi connectivity index (χ3n) is 2.95. The first kappa shape index (κ1) is 14.5. The van der Waals surface area contributed by atoms with Crippen molar-refractivity contribution in [3.63, 3.8) is 0 Å². The highest BCUT2D eigenvalue weighted by molar-refractivity contribution is 5.75. The van der Waals surface area contributed by atoms with Gasteiger partial charge in [0, 0.05) is 27.1 Å². The Labute approximate surface area is 108 Å². The minimum atomic E-state index is 0.104. The summed E-state index contributed by atoms with van der Waals surface area (Å²) >= 11 is 0. The SMILES string of the molecule is COC(C)CCC(=O)N(C)Cc1ccc(O)cc1. The van der Waals surface area contributed by atoms with E-state index in [1.54, 1.807) is 31.2 Å². The molecule has 0 aliphatic carbocycles. The van der Waals surface area contributed by atoms with E-state index < -0.39 is 0 Å². The fourth-order valence-corrected chi connectivity index (χ4v) is 1.60. The third kappa shape index (κ3) is 4.75. The Kier molecular flexibility index (Phi) is 5.65. The minimum Gasteiger partial charge on any atom is -0.508 e. The molecule has 1 atom stereocenters. The zero-order valence-corrected chi connectivity index (χ0v) is 11.2. The second kappa shape index (κ2) is 7.01. The number of carbonyl (C=O) groups excluding carboxylic acids is 1. The van der Waals surface area contributed by atoms with Gasteiger partial charge >= 0.3 is 0 Å². The molecule has 0 radical (unpaired) electrons. The predicted octanol–water partition coefficient (Wildman–Crippen LogP) is 2.17. The average molecular weight is 251 g/mol. The first-order valence-electron chi connectivity index (χ1n) is 6.07. The molecule has 0 aliphatic rings. The van der Waals surface area contributed by atoms with Crippen molar-refractivity contribution in [1.29, 1.82) is 0 Å². The van der Waals surface area contributed by atoms with Gasteiger partial charge in [-0.15, -0.1) is 0 Å². The van der Waals surface area contributed by atoms with E-state index in [4.69, 9.17) is 4.74 Å². The predicted molar refractivity (Wildman–Crippen MR) is 70.3 cm³/mol. The highest BCUT2D eigenvalue weighted by Gasteiger charge is 2.11. The Hall–Kier alpha value is -1.55. The van der Waals surface area contributed by atoms with E-state index in [9.17, 15) is 9.90 Å². The molecule has 0 saturated carbocycles. The second-order valence-corrected chi connectivity index (χ2v) is 4.50. The molecule has 0 saturated heterocycles. The minimum absolute atomic E-state index is 0.104. The summed E-state index contributed by atoms with van der Waals surface area (Å²) < 4.78 is 5.11. The van der Waals surface area contributed by atoms with Crippen LogP contribution < -0.4 is 0 Å². The van der Waals surface area contributed by atoms with Crippen molar-refractivity contribution in [3.05, 3.63) is 29.8 Å². The van der Waals surface area contributed by atoms with Crippen molar-refractivity contribution in [1.82, 2.24) is 4.90 Å². The van der Waals surface area contributed by atoms with Gasteiger partial charge in [-0.25, -0.2) is 0 Å². The van der Waals surface area contributed by atoms with E-state index in [0.29, 0.717) is 13.0 Å². The summed E-state index contributed by atoms with van der Waals surface area (Å²) in [4.78, 5) is 13.5. The number of phenols is 1. The van der Waals surface area contributed by atoms with Gasteiger partial charge in [0.25, 0.3) is 0 Å². The molecular formula is C14H21NO3. The van der Waals surface area contributed by atoms with Crippen molar-refractivity contribution in [2.45, 2.75) is 32.4 Å². The molecule has 0 aliphatic heterocycles. The van der Waals surface area contributed by atoms with E-state index in [1.807, 2.05) is 19.1 Å². The molecule has 0 spiro atoms. The van der Waals surface area contributed by atoms with Gasteiger partial charge in [-0.3, -0.25) is 4.79 Å². The van der Waals surface area contributed by atoms with Crippen LogP contribution in [0.2, 0.25) is 0 Å². The molecule has 1 unspecified atom stereocenters. The van der Waals surface area contributed by atoms with Crippen LogP contribution in [0.3, 0.4) is 0 Å². The molecule has 0 aromatic heterocycles. The summed E-state index contributed by atoms with van der Waals surface area (Å²) in [5.74, 6) is 0.341. The van der Waals surface area contributed by atoms with Crippen molar-refractivity contribution in [2.24, 2.45) is 0 Å². The lowest BCUT2D eigenvalue weighted by Crippen LogP contribution is -2.26. The Morgan fingerprint density at radius 2 is 2.00 bits per heavy atom. The third-order valence-corrected chi connectivity index (χ3v) is 2.95. The fraction of sp³-hybridized carbons (Fsp3) is 0.500. The molecule has 1 aromatic carbocycles. The molecule has 0 fully saturated rings. The van der Waals surface area contributed by atoms with Gasteiger partial charge < -0.3 is 14.7 Å². The number of hydrogen-bond acceptors (Lipinski definition) is 3. The molecule has 0 heterocycles. The molecule has 1 rings (SSSR count). The Morgan fingerprint density at radius 3 is 2.56 bits per heavy atom. The lowest BCUT2D eigenvalue weighted by Gasteiger charge is -2.18. The number of carbonyl (C=O) groups is 1. The number of nitrogens with zero attached hydrogens (tertiary/aromatic N) is 1. The summed E-state index contributed by atoms with van der Waals surface area (Å²) in [5.41, 5.74) is 1.00. The van der Waals surface area contributed by atoms with E-state index in [0.717, 1.165) is 12.0 Å². The number of benzene rings is 1. The van der Waals surface area contributed by atoms with Gasteiger partial charge in [0.15, 0.2) is 0 Å². The lowest BCUT2D eigenvalue weighted by molar-refractivity contribution is -0.131. The standard InChI is InChI=1S/C14H21NO3/c1-11(18-3)4-9-14(17)15(2)10-12-5-7-13(16)8-6-12/h5-8,11,16H,4,9-10H2,1-3H3. The molecular weight excluding hydrogens is 230 g/mol. The number of hydrogen-bond donors (Lipinski definition) is 1. The monoisotopic (exact) mass is 251 g/mol. The topological polar surface area (TPSA) is 49.8 Å². The Bertz CT molecular complexity index is 375. The van der Waals surface area contributed by atoms with Crippen LogP contribution in [0.1, 0.15) is 25.3 Å². The first-order chi connectivity index (χ1) is 8.52. The maximum atomic E-state index is 11.9. The number of phenolic OH excluding ortho intramolecular Hbond substituents is 1. The van der Waals surface area contributed by atoms with Gasteiger partial charge in [0.1, 0.15) is 5.75 Å². The van der Waals surface area contributed by atoms with Gasteiger partial charge in [-0.2, -0.15) is 0 Å². The largest absolute Gasteiger partial charge is 0.508 e. The number of ether oxygens (including phenoxy) is 1. The van der Waals surface area contributed by atoms with Crippen LogP contribution in [-0.2, 0) is 16.1 Å². The molecule has 4 nitrogen and oxygen atoms in total. The van der Waals surface area contributed by atoms with Gasteiger partial charge in [0.05, 0.1) is 6.10 Å². The number of methoxy groups -OCH3 is 1. The maximum absolute atomic E-state index is 11.9. The van der Waals surface area contributed by atoms with Crippen molar-refractivity contribution < 1.29 is 14.6 Å². The Morgan fingerprint density at radius 1 is 1.39 bits per heavy atom. The van der Waals surface area contributed by atoms with Crippen LogP contribution in [0.25, 0.3) is 0 Å². The molecule has 0 bridgehead atoms. The Balaban J connectivity index is 2.42. The molecule has 1 amide bonds. The highest BCUT2D eigenvalue weighted by atomic mass is 16.5. The summed E-state index contributed by atoms with van der Waals surface area (Å²) in [6, 6.07) is 6.88. The van der Waals surface area contributed by atoms with Crippen molar-refractivity contribution in [2.75, 3.05) is 14.2 Å². The molecule has 100 valence electrons. The van der Waals surface area contributed by atoms with E-state index in [2.05, 4.69) is 0 Å². The molecule has 1 aromatic rings. The van der Waals surface area contributed by atoms with E-state index in [1.165, 1.54) is 0 Å². The zero-order chi connectivity index (χ0) is 13.5. The van der Waals surface area contributed by atoms with Gasteiger partial charge in [0.2, 0.25) is 5.91 Å². The van der Waals surface area contributed by atoms with Crippen LogP contribution in [0.4, 0.5) is 0 Å². The zero-order valence-electron chi connectivity index (χ0n) is 11.2. The number of rotatable bonds is 6. The molecule has 1 N–H and O–H groups in total. The highest BCUT2D eigenvalue weighted by Crippen LogP contribution is 2.12. The summed E-state index contributed by atoms with van der Waals surface area (Å²) in [7, 11) is 3.43. The lowest BCUT2D eigenvalue weighted by atomic mass is 10.1. The van der Waals surface area contributed by atoms with Crippen LogP contribution in [0.15, 0.2) is 24.3 Å². The van der Waals surface area contributed by atoms with Crippen LogP contribution in [0, 0.1) is 0 Å². The number of aromatic hydroxyl groups is 1. The van der Waals surface area contributed by atoms with Crippen molar-refractivity contribution >= 4 is 5.91 Å². The average Bonchev–Trinajstić information content (AvgIpc) is 2.38. The van der Waals surface area contributed by atoms with Crippen LogP contribution in [0.5, 0.6) is 5.75 Å². The van der Waals surface area contributed by atoms with Crippen LogP contribution >= 0.6 is 0 Å². The normalized spacial score (nSPS) is 12.2. The quantitative estimate of drug-likeness (QED) is 0.843. The smallest absolute Gasteiger partial charge is 0.222 e. The maximum Gasteiger partial charge on any atom is 0.222 e. The summed E-state index contributed by atoms with van der Waals surface area (Å²) in [6.45, 7) is 2.51.